The minimum atomic E-state index is 0.431. The fraction of sp³-hybridized carbons (Fsp3) is 0.824. The van der Waals surface area contributed by atoms with E-state index in [1.165, 1.54) is 38.5 Å². The second kappa shape index (κ2) is 7.84. The Morgan fingerprint density at radius 2 is 2.16 bits per heavy atom. The second-order valence-electron chi connectivity index (χ2n) is 6.39. The molecule has 1 N–H and O–H groups in total. The molecule has 0 amide bonds. The topological polar surface area (TPSA) is 29.1 Å². The Morgan fingerprint density at radius 3 is 2.95 bits per heavy atom. The first-order valence-electron chi connectivity index (χ1n) is 8.20. The van der Waals surface area contributed by atoms with Gasteiger partial charge in [0.15, 0.2) is 5.78 Å². The van der Waals surface area contributed by atoms with E-state index < -0.39 is 0 Å². The van der Waals surface area contributed by atoms with Crippen molar-refractivity contribution in [3.8, 4) is 0 Å². The summed E-state index contributed by atoms with van der Waals surface area (Å²) in [5, 5.41) is 3.46. The van der Waals surface area contributed by atoms with Crippen LogP contribution in [0, 0.1) is 11.8 Å². The molecule has 1 saturated heterocycles. The molecular weight excluding hydrogens is 234 g/mol. The Kier molecular flexibility index (Phi) is 6.09. The molecule has 2 unspecified atom stereocenters. The molecule has 0 aromatic rings. The summed E-state index contributed by atoms with van der Waals surface area (Å²) < 4.78 is 0. The van der Waals surface area contributed by atoms with Crippen LogP contribution in [0.5, 0.6) is 0 Å². The van der Waals surface area contributed by atoms with E-state index in [9.17, 15) is 4.79 Å². The number of carbonyl (C=O) groups is 1. The minimum Gasteiger partial charge on any atom is -0.316 e. The Morgan fingerprint density at radius 1 is 1.32 bits per heavy atom. The summed E-state index contributed by atoms with van der Waals surface area (Å²) >= 11 is 0. The van der Waals surface area contributed by atoms with Crippen LogP contribution in [-0.4, -0.2) is 18.9 Å². The number of hydrogen-bond donors (Lipinski definition) is 1. The first-order valence-corrected chi connectivity index (χ1v) is 8.20. The summed E-state index contributed by atoms with van der Waals surface area (Å²) in [5.74, 6) is 1.67. The zero-order chi connectivity index (χ0) is 13.5. The number of carbonyl (C=O) groups excluding carboxylic acids is 1. The molecule has 2 atom stereocenters. The summed E-state index contributed by atoms with van der Waals surface area (Å²) in [4.78, 5) is 12.4. The summed E-state index contributed by atoms with van der Waals surface area (Å²) in [5.41, 5.74) is 1.13. The van der Waals surface area contributed by atoms with Gasteiger partial charge in [0.1, 0.15) is 0 Å². The molecular formula is C17H29NO. The maximum Gasteiger partial charge on any atom is 0.158 e. The Balaban J connectivity index is 1.84. The van der Waals surface area contributed by atoms with Crippen molar-refractivity contribution in [2.75, 3.05) is 13.1 Å². The van der Waals surface area contributed by atoms with E-state index in [0.717, 1.165) is 37.9 Å². The van der Waals surface area contributed by atoms with Crippen molar-refractivity contribution in [3.63, 3.8) is 0 Å². The molecule has 0 aromatic heterocycles. The highest BCUT2D eigenvalue weighted by Crippen LogP contribution is 2.26. The van der Waals surface area contributed by atoms with Gasteiger partial charge in [-0.25, -0.2) is 0 Å². The van der Waals surface area contributed by atoms with Gasteiger partial charge < -0.3 is 5.32 Å². The van der Waals surface area contributed by atoms with Crippen molar-refractivity contribution in [1.29, 1.82) is 0 Å². The number of nitrogens with one attached hydrogen (secondary N) is 1. The third-order valence-corrected chi connectivity index (χ3v) is 4.80. The Labute approximate surface area is 118 Å². The van der Waals surface area contributed by atoms with E-state index in [-0.39, 0.29) is 0 Å². The molecule has 19 heavy (non-hydrogen) atoms. The maximum atomic E-state index is 12.4. The molecule has 0 bridgehead atoms. The highest BCUT2D eigenvalue weighted by atomic mass is 16.1. The summed E-state index contributed by atoms with van der Waals surface area (Å²) in [6.45, 7) is 4.52. The number of Topliss-reactive ketones (excluding diaryl/α,β-unsaturated/α-hetero) is 1. The van der Waals surface area contributed by atoms with Gasteiger partial charge in [0, 0.05) is 6.42 Å². The van der Waals surface area contributed by atoms with Gasteiger partial charge in [-0.2, -0.15) is 0 Å². The van der Waals surface area contributed by atoms with Gasteiger partial charge in [0.25, 0.3) is 0 Å². The first-order chi connectivity index (χ1) is 9.27. The third-order valence-electron chi connectivity index (χ3n) is 4.80. The summed E-state index contributed by atoms with van der Waals surface area (Å²) in [6.07, 6.45) is 12.8. The quantitative estimate of drug-likeness (QED) is 0.834. The lowest BCUT2D eigenvalue weighted by atomic mass is 9.82. The number of ketones is 1. The highest BCUT2D eigenvalue weighted by Gasteiger charge is 2.23. The molecule has 0 aromatic carbocycles. The first kappa shape index (κ1) is 14.8. The molecule has 0 saturated carbocycles. The van der Waals surface area contributed by atoms with Crippen molar-refractivity contribution in [3.05, 3.63) is 11.6 Å². The van der Waals surface area contributed by atoms with E-state index in [2.05, 4.69) is 18.3 Å². The molecule has 1 heterocycles. The van der Waals surface area contributed by atoms with Gasteiger partial charge in [-0.3, -0.25) is 4.79 Å². The van der Waals surface area contributed by atoms with Gasteiger partial charge in [-0.05, 0) is 69.0 Å². The van der Waals surface area contributed by atoms with Crippen molar-refractivity contribution in [1.82, 2.24) is 5.32 Å². The van der Waals surface area contributed by atoms with Crippen LogP contribution in [0.1, 0.15) is 64.7 Å². The van der Waals surface area contributed by atoms with Crippen LogP contribution in [0.3, 0.4) is 0 Å². The molecule has 0 radical (unpaired) electrons. The van der Waals surface area contributed by atoms with Crippen molar-refractivity contribution in [2.45, 2.75) is 64.7 Å². The van der Waals surface area contributed by atoms with Gasteiger partial charge in [-0.1, -0.05) is 25.8 Å². The lowest BCUT2D eigenvalue weighted by molar-refractivity contribution is -0.116. The summed E-state index contributed by atoms with van der Waals surface area (Å²) in [6, 6.07) is 0. The smallest absolute Gasteiger partial charge is 0.158 e. The molecule has 2 nitrogen and oxygen atoms in total. The van der Waals surface area contributed by atoms with Crippen LogP contribution in [-0.2, 0) is 4.79 Å². The SMILES string of the molecule is CC(CC(=O)C1=CCCCCCC1)C1CCCNC1. The highest BCUT2D eigenvalue weighted by molar-refractivity contribution is 5.95. The average Bonchev–Trinajstić information content (AvgIpc) is 2.39. The average molecular weight is 263 g/mol. The molecule has 1 aliphatic carbocycles. The van der Waals surface area contributed by atoms with Crippen LogP contribution in [0.15, 0.2) is 11.6 Å². The second-order valence-corrected chi connectivity index (χ2v) is 6.39. The summed E-state index contributed by atoms with van der Waals surface area (Å²) in [7, 11) is 0. The van der Waals surface area contributed by atoms with E-state index >= 15 is 0 Å². The minimum absolute atomic E-state index is 0.431. The number of hydrogen-bond acceptors (Lipinski definition) is 2. The van der Waals surface area contributed by atoms with Crippen LogP contribution < -0.4 is 5.32 Å². The molecule has 0 spiro atoms. The van der Waals surface area contributed by atoms with Crippen LogP contribution in [0.4, 0.5) is 0 Å². The lowest BCUT2D eigenvalue weighted by Crippen LogP contribution is -2.34. The fourth-order valence-corrected chi connectivity index (χ4v) is 3.40. The third kappa shape index (κ3) is 4.76. The van der Waals surface area contributed by atoms with Gasteiger partial charge >= 0.3 is 0 Å². The molecule has 1 fully saturated rings. The van der Waals surface area contributed by atoms with Crippen molar-refractivity contribution in [2.24, 2.45) is 11.8 Å². The zero-order valence-corrected chi connectivity index (χ0v) is 12.4. The van der Waals surface area contributed by atoms with E-state index in [1.807, 2.05) is 0 Å². The normalized spacial score (nSPS) is 27.0. The van der Waals surface area contributed by atoms with Crippen molar-refractivity contribution < 1.29 is 4.79 Å². The van der Waals surface area contributed by atoms with Crippen molar-refractivity contribution >= 4 is 5.78 Å². The van der Waals surface area contributed by atoms with Gasteiger partial charge in [-0.15, -0.1) is 0 Å². The van der Waals surface area contributed by atoms with E-state index in [4.69, 9.17) is 0 Å². The molecule has 2 aliphatic rings. The number of rotatable bonds is 4. The predicted octanol–water partition coefficient (Wildman–Crippen LogP) is 3.86. The van der Waals surface area contributed by atoms with Crippen LogP contribution in [0.2, 0.25) is 0 Å². The maximum absolute atomic E-state index is 12.4. The Hall–Kier alpha value is -0.630. The monoisotopic (exact) mass is 263 g/mol. The Bertz CT molecular complexity index is 315. The van der Waals surface area contributed by atoms with E-state index in [0.29, 0.717) is 17.6 Å². The molecule has 2 rings (SSSR count). The zero-order valence-electron chi connectivity index (χ0n) is 12.4. The number of piperidine rings is 1. The molecule has 1 aliphatic heterocycles. The number of allylic oxidation sites excluding steroid dienone is 2. The van der Waals surface area contributed by atoms with Crippen LogP contribution >= 0.6 is 0 Å². The van der Waals surface area contributed by atoms with Crippen LogP contribution in [0.25, 0.3) is 0 Å². The fourth-order valence-electron chi connectivity index (χ4n) is 3.40. The van der Waals surface area contributed by atoms with Gasteiger partial charge in [0.2, 0.25) is 0 Å². The largest absolute Gasteiger partial charge is 0.316 e. The van der Waals surface area contributed by atoms with E-state index in [1.54, 1.807) is 0 Å². The molecule has 108 valence electrons. The standard InChI is InChI=1S/C17H29NO/c1-14(16-10-7-11-18-13-16)12-17(19)15-8-5-3-2-4-6-9-15/h8,14,16,18H,2-7,9-13H2,1H3. The van der Waals surface area contributed by atoms with Gasteiger partial charge in [0.05, 0.1) is 0 Å². The predicted molar refractivity (Wildman–Crippen MR) is 80.2 cm³/mol. The lowest BCUT2D eigenvalue weighted by Gasteiger charge is -2.28. The molecule has 2 heteroatoms.